The first-order valence-electron chi connectivity index (χ1n) is 9.14. The van der Waals surface area contributed by atoms with E-state index in [0.29, 0.717) is 5.92 Å². The van der Waals surface area contributed by atoms with E-state index in [1.165, 1.54) is 28.7 Å². The number of aryl methyl sites for hydroxylation is 2. The van der Waals surface area contributed by atoms with Gasteiger partial charge in [-0.1, -0.05) is 62.7 Å². The van der Waals surface area contributed by atoms with Crippen LogP contribution in [0.5, 0.6) is 0 Å². The highest BCUT2D eigenvalue weighted by atomic mass is 16.7. The predicted molar refractivity (Wildman–Crippen MR) is 99.0 cm³/mol. The van der Waals surface area contributed by atoms with Gasteiger partial charge in [0.1, 0.15) is 0 Å². The molecule has 1 aliphatic rings. The lowest BCUT2D eigenvalue weighted by molar-refractivity contribution is -0.205. The molecular formula is C22H28O2. The second-order valence-corrected chi connectivity index (χ2v) is 6.79. The molecule has 0 amide bonds. The Balaban J connectivity index is 1.75. The zero-order valence-corrected chi connectivity index (χ0v) is 15.0. The molecular weight excluding hydrogens is 296 g/mol. The van der Waals surface area contributed by atoms with Crippen molar-refractivity contribution < 1.29 is 9.47 Å². The van der Waals surface area contributed by atoms with E-state index in [9.17, 15) is 0 Å². The molecule has 1 saturated heterocycles. The van der Waals surface area contributed by atoms with Crippen LogP contribution in [0.3, 0.4) is 0 Å². The molecule has 3 rings (SSSR count). The van der Waals surface area contributed by atoms with Crippen LogP contribution < -0.4 is 0 Å². The zero-order chi connectivity index (χ0) is 16.9. The molecule has 0 spiro atoms. The van der Waals surface area contributed by atoms with Crippen molar-refractivity contribution in [2.45, 2.75) is 46.3 Å². The minimum atomic E-state index is -0.215. The Labute approximate surface area is 145 Å². The largest absolute Gasteiger partial charge is 0.348 e. The Morgan fingerprint density at radius 3 is 2.25 bits per heavy atom. The molecule has 128 valence electrons. The van der Waals surface area contributed by atoms with E-state index in [1.807, 2.05) is 0 Å². The molecule has 2 aromatic rings. The summed E-state index contributed by atoms with van der Waals surface area (Å²) in [6, 6.07) is 15.5. The summed E-state index contributed by atoms with van der Waals surface area (Å²) < 4.78 is 11.8. The van der Waals surface area contributed by atoms with Crippen LogP contribution in [-0.4, -0.2) is 13.2 Å². The molecule has 2 nitrogen and oxygen atoms in total. The SMILES string of the molecule is CCCc1ccc(-c2ccc(C3OCC(CC)CO3)cc2C)cc1. The van der Waals surface area contributed by atoms with Crippen LogP contribution in [0.15, 0.2) is 42.5 Å². The lowest BCUT2D eigenvalue weighted by atomic mass is 9.96. The predicted octanol–water partition coefficient (Wildman–Crippen LogP) is 5.69. The summed E-state index contributed by atoms with van der Waals surface area (Å²) in [4.78, 5) is 0. The second-order valence-electron chi connectivity index (χ2n) is 6.79. The Morgan fingerprint density at radius 2 is 1.67 bits per heavy atom. The maximum absolute atomic E-state index is 5.89. The molecule has 0 aliphatic carbocycles. The minimum absolute atomic E-state index is 0.215. The molecule has 2 heteroatoms. The number of rotatable bonds is 5. The van der Waals surface area contributed by atoms with Crippen molar-refractivity contribution >= 4 is 0 Å². The van der Waals surface area contributed by atoms with Gasteiger partial charge in [0, 0.05) is 11.5 Å². The van der Waals surface area contributed by atoms with Gasteiger partial charge < -0.3 is 9.47 Å². The van der Waals surface area contributed by atoms with Crippen LogP contribution >= 0.6 is 0 Å². The minimum Gasteiger partial charge on any atom is -0.348 e. The monoisotopic (exact) mass is 324 g/mol. The fourth-order valence-corrected chi connectivity index (χ4v) is 3.27. The third kappa shape index (κ3) is 3.88. The van der Waals surface area contributed by atoms with Crippen molar-refractivity contribution in [1.29, 1.82) is 0 Å². The van der Waals surface area contributed by atoms with Gasteiger partial charge in [0.2, 0.25) is 0 Å². The van der Waals surface area contributed by atoms with Gasteiger partial charge in [-0.15, -0.1) is 0 Å². The summed E-state index contributed by atoms with van der Waals surface area (Å²) in [5, 5.41) is 0. The molecule has 1 aliphatic heterocycles. The highest BCUT2D eigenvalue weighted by molar-refractivity contribution is 5.67. The highest BCUT2D eigenvalue weighted by Crippen LogP contribution is 2.31. The van der Waals surface area contributed by atoms with Gasteiger partial charge >= 0.3 is 0 Å². The number of hydrogen-bond acceptors (Lipinski definition) is 2. The average molecular weight is 324 g/mol. The van der Waals surface area contributed by atoms with Gasteiger partial charge in [-0.05, 0) is 42.0 Å². The van der Waals surface area contributed by atoms with Crippen molar-refractivity contribution in [1.82, 2.24) is 0 Å². The van der Waals surface area contributed by atoms with Crippen molar-refractivity contribution in [2.75, 3.05) is 13.2 Å². The van der Waals surface area contributed by atoms with Crippen molar-refractivity contribution in [3.05, 3.63) is 59.2 Å². The van der Waals surface area contributed by atoms with Crippen molar-refractivity contribution in [2.24, 2.45) is 5.92 Å². The normalized spacial score (nSPS) is 21.0. The quantitative estimate of drug-likeness (QED) is 0.704. The Bertz CT molecular complexity index is 652. The van der Waals surface area contributed by atoms with Gasteiger partial charge in [-0.2, -0.15) is 0 Å². The van der Waals surface area contributed by atoms with Gasteiger partial charge in [0.15, 0.2) is 6.29 Å². The third-order valence-corrected chi connectivity index (χ3v) is 4.87. The summed E-state index contributed by atoms with van der Waals surface area (Å²) in [7, 11) is 0. The van der Waals surface area contributed by atoms with E-state index in [2.05, 4.69) is 63.2 Å². The first-order valence-corrected chi connectivity index (χ1v) is 9.14. The Hall–Kier alpha value is -1.64. The Kier molecular flexibility index (Phi) is 5.70. The van der Waals surface area contributed by atoms with E-state index in [1.54, 1.807) is 0 Å². The molecule has 0 bridgehead atoms. The number of ether oxygens (including phenoxy) is 2. The summed E-state index contributed by atoms with van der Waals surface area (Å²) in [5.41, 5.74) is 6.35. The van der Waals surface area contributed by atoms with E-state index in [4.69, 9.17) is 9.47 Å². The maximum Gasteiger partial charge on any atom is 0.183 e. The second kappa shape index (κ2) is 7.96. The highest BCUT2D eigenvalue weighted by Gasteiger charge is 2.22. The molecule has 1 heterocycles. The van der Waals surface area contributed by atoms with Crippen LogP contribution in [0, 0.1) is 12.8 Å². The standard InChI is InChI=1S/C22H28O2/c1-4-6-18-7-9-19(10-8-18)21-12-11-20(13-16(21)3)22-23-14-17(5-2)15-24-22/h7-13,17,22H,4-6,14-15H2,1-3H3. The molecule has 1 fully saturated rings. The molecule has 24 heavy (non-hydrogen) atoms. The molecule has 0 radical (unpaired) electrons. The maximum atomic E-state index is 5.89. The van der Waals surface area contributed by atoms with Gasteiger partial charge in [-0.3, -0.25) is 0 Å². The first-order chi connectivity index (χ1) is 11.7. The summed E-state index contributed by atoms with van der Waals surface area (Å²) in [6.07, 6.45) is 3.23. The summed E-state index contributed by atoms with van der Waals surface area (Å²) in [6.45, 7) is 8.15. The molecule has 0 saturated carbocycles. The van der Waals surface area contributed by atoms with Crippen LogP contribution in [0.4, 0.5) is 0 Å². The fraction of sp³-hybridized carbons (Fsp3) is 0.455. The topological polar surface area (TPSA) is 18.5 Å². The fourth-order valence-electron chi connectivity index (χ4n) is 3.27. The molecule has 0 unspecified atom stereocenters. The van der Waals surface area contributed by atoms with Crippen LogP contribution in [0.25, 0.3) is 11.1 Å². The van der Waals surface area contributed by atoms with E-state index in [0.717, 1.165) is 31.6 Å². The molecule has 0 aromatic heterocycles. The number of benzene rings is 2. The van der Waals surface area contributed by atoms with Crippen molar-refractivity contribution in [3.8, 4) is 11.1 Å². The van der Waals surface area contributed by atoms with Crippen LogP contribution in [0.1, 0.15) is 49.7 Å². The van der Waals surface area contributed by atoms with Gasteiger partial charge in [0.05, 0.1) is 13.2 Å². The van der Waals surface area contributed by atoms with E-state index < -0.39 is 0 Å². The van der Waals surface area contributed by atoms with Gasteiger partial charge in [0.25, 0.3) is 0 Å². The molecule has 0 N–H and O–H groups in total. The lowest BCUT2D eigenvalue weighted by Gasteiger charge is -2.29. The van der Waals surface area contributed by atoms with Crippen molar-refractivity contribution in [3.63, 3.8) is 0 Å². The van der Waals surface area contributed by atoms with Crippen LogP contribution in [0.2, 0.25) is 0 Å². The molecule has 2 aromatic carbocycles. The van der Waals surface area contributed by atoms with E-state index in [-0.39, 0.29) is 6.29 Å². The third-order valence-electron chi connectivity index (χ3n) is 4.87. The summed E-state index contributed by atoms with van der Waals surface area (Å²) >= 11 is 0. The average Bonchev–Trinajstić information content (AvgIpc) is 2.63. The first kappa shape index (κ1) is 17.2. The molecule has 0 atom stereocenters. The Morgan fingerprint density at radius 1 is 0.958 bits per heavy atom. The lowest BCUT2D eigenvalue weighted by Crippen LogP contribution is -2.26. The van der Waals surface area contributed by atoms with Gasteiger partial charge in [-0.25, -0.2) is 0 Å². The zero-order valence-electron chi connectivity index (χ0n) is 15.0. The smallest absolute Gasteiger partial charge is 0.183 e. The summed E-state index contributed by atoms with van der Waals surface area (Å²) in [5.74, 6) is 0.531. The number of hydrogen-bond donors (Lipinski definition) is 0. The van der Waals surface area contributed by atoms with Crippen LogP contribution in [-0.2, 0) is 15.9 Å². The van der Waals surface area contributed by atoms with E-state index >= 15 is 0 Å².